The predicted octanol–water partition coefficient (Wildman–Crippen LogP) is 3.17. The van der Waals surface area contributed by atoms with Crippen LogP contribution in [0.25, 0.3) is 0 Å². The molecule has 1 fully saturated rings. The Morgan fingerprint density at radius 3 is 2.39 bits per heavy atom. The van der Waals surface area contributed by atoms with Crippen molar-refractivity contribution in [1.82, 2.24) is 4.90 Å². The van der Waals surface area contributed by atoms with Gasteiger partial charge >= 0.3 is 0 Å². The third-order valence-corrected chi connectivity index (χ3v) is 5.94. The molecule has 5 heteroatoms. The summed E-state index contributed by atoms with van der Waals surface area (Å²) in [4.78, 5) is 30.9. The molecule has 2 aliphatic heterocycles. The molecule has 1 saturated heterocycles. The van der Waals surface area contributed by atoms with Crippen LogP contribution in [-0.2, 0) is 11.2 Å². The van der Waals surface area contributed by atoms with Crippen LogP contribution >= 0.6 is 0 Å². The number of piperazine rings is 1. The maximum Gasteiger partial charge on any atom is 0.253 e. The number of aryl methyl sites for hydroxylation is 3. The average Bonchev–Trinajstić information content (AvgIpc) is 2.72. The minimum atomic E-state index is 0.0861. The number of hydrogen-bond donors (Lipinski definition) is 0. The number of amides is 2. The summed E-state index contributed by atoms with van der Waals surface area (Å²) in [5.74, 6) is 0.220. The maximum absolute atomic E-state index is 13.0. The molecule has 2 heterocycles. The van der Waals surface area contributed by atoms with E-state index in [0.717, 1.165) is 43.0 Å². The van der Waals surface area contributed by atoms with Crippen molar-refractivity contribution >= 4 is 23.2 Å². The lowest BCUT2D eigenvalue weighted by atomic mass is 9.98. The molecule has 146 valence electrons. The van der Waals surface area contributed by atoms with E-state index >= 15 is 0 Å². The van der Waals surface area contributed by atoms with E-state index in [1.54, 1.807) is 11.9 Å². The summed E-state index contributed by atoms with van der Waals surface area (Å²) in [6, 6.07) is 12.3. The molecule has 28 heavy (non-hydrogen) atoms. The summed E-state index contributed by atoms with van der Waals surface area (Å²) in [5, 5.41) is 0. The highest BCUT2D eigenvalue weighted by Gasteiger charge is 2.26. The van der Waals surface area contributed by atoms with Gasteiger partial charge in [-0.05, 0) is 61.2 Å². The smallest absolute Gasteiger partial charge is 0.253 e. The Bertz CT molecular complexity index is 929. The van der Waals surface area contributed by atoms with Gasteiger partial charge in [0.05, 0.1) is 0 Å². The Hall–Kier alpha value is -2.82. The summed E-state index contributed by atoms with van der Waals surface area (Å²) in [5.41, 5.74) is 6.54. The molecule has 2 aromatic rings. The van der Waals surface area contributed by atoms with Crippen molar-refractivity contribution in [1.29, 1.82) is 0 Å². The highest BCUT2D eigenvalue weighted by molar-refractivity contribution is 5.99. The lowest BCUT2D eigenvalue weighted by Crippen LogP contribution is -2.49. The fraction of sp³-hybridized carbons (Fsp3) is 0.391. The predicted molar refractivity (Wildman–Crippen MR) is 112 cm³/mol. The van der Waals surface area contributed by atoms with Crippen molar-refractivity contribution in [3.05, 3.63) is 58.7 Å². The first kappa shape index (κ1) is 18.5. The van der Waals surface area contributed by atoms with Gasteiger partial charge in [0, 0.05) is 56.6 Å². The SMILES string of the molecule is Cc1ccc(C)c(N2CCN(C(=O)c3ccc4c(c3)CCC(=O)N4C)CC2)c1. The normalized spacial score (nSPS) is 17.0. The average molecular weight is 377 g/mol. The van der Waals surface area contributed by atoms with Gasteiger partial charge < -0.3 is 14.7 Å². The first-order chi connectivity index (χ1) is 13.4. The van der Waals surface area contributed by atoms with Gasteiger partial charge in [0.15, 0.2) is 0 Å². The molecule has 0 atom stereocenters. The lowest BCUT2D eigenvalue weighted by Gasteiger charge is -2.37. The Labute approximate surface area is 166 Å². The van der Waals surface area contributed by atoms with E-state index in [1.807, 2.05) is 23.1 Å². The second kappa shape index (κ2) is 7.30. The quantitative estimate of drug-likeness (QED) is 0.807. The number of fused-ring (bicyclic) bond motifs is 1. The fourth-order valence-electron chi connectivity index (χ4n) is 4.18. The van der Waals surface area contributed by atoms with Crippen LogP contribution in [0.1, 0.15) is 33.5 Å². The van der Waals surface area contributed by atoms with E-state index < -0.39 is 0 Å². The molecular weight excluding hydrogens is 350 g/mol. The summed E-state index contributed by atoms with van der Waals surface area (Å²) < 4.78 is 0. The molecule has 0 N–H and O–H groups in total. The van der Waals surface area contributed by atoms with Gasteiger partial charge in [-0.15, -0.1) is 0 Å². The van der Waals surface area contributed by atoms with E-state index in [-0.39, 0.29) is 11.8 Å². The number of hydrogen-bond acceptors (Lipinski definition) is 3. The summed E-state index contributed by atoms with van der Waals surface area (Å²) >= 11 is 0. The van der Waals surface area contributed by atoms with Gasteiger partial charge in [0.1, 0.15) is 0 Å². The van der Waals surface area contributed by atoms with Crippen molar-refractivity contribution < 1.29 is 9.59 Å². The molecule has 4 rings (SSSR count). The van der Waals surface area contributed by atoms with Crippen LogP contribution in [0.15, 0.2) is 36.4 Å². The minimum Gasteiger partial charge on any atom is -0.368 e. The number of benzene rings is 2. The van der Waals surface area contributed by atoms with Crippen LogP contribution < -0.4 is 9.80 Å². The molecule has 0 saturated carbocycles. The van der Waals surface area contributed by atoms with E-state index in [2.05, 4.69) is 36.9 Å². The highest BCUT2D eigenvalue weighted by Crippen LogP contribution is 2.28. The number of nitrogens with zero attached hydrogens (tertiary/aromatic N) is 3. The molecule has 0 bridgehead atoms. The third kappa shape index (κ3) is 3.37. The zero-order valence-corrected chi connectivity index (χ0v) is 16.9. The van der Waals surface area contributed by atoms with E-state index in [4.69, 9.17) is 0 Å². The lowest BCUT2D eigenvalue weighted by molar-refractivity contribution is -0.118. The van der Waals surface area contributed by atoms with Crippen LogP contribution in [0.4, 0.5) is 11.4 Å². The van der Waals surface area contributed by atoms with Gasteiger partial charge in [-0.3, -0.25) is 9.59 Å². The zero-order chi connectivity index (χ0) is 19.8. The summed E-state index contributed by atoms with van der Waals surface area (Å²) in [6.07, 6.45) is 1.22. The van der Waals surface area contributed by atoms with Crippen molar-refractivity contribution in [2.24, 2.45) is 0 Å². The van der Waals surface area contributed by atoms with Crippen molar-refractivity contribution in [3.63, 3.8) is 0 Å². The molecule has 0 spiro atoms. The van der Waals surface area contributed by atoms with Crippen LogP contribution in [0.3, 0.4) is 0 Å². The van der Waals surface area contributed by atoms with Crippen LogP contribution in [0, 0.1) is 13.8 Å². The van der Waals surface area contributed by atoms with E-state index in [0.29, 0.717) is 12.8 Å². The number of carbonyl (C=O) groups is 2. The minimum absolute atomic E-state index is 0.0861. The molecule has 0 aliphatic carbocycles. The van der Waals surface area contributed by atoms with Crippen LogP contribution in [0.2, 0.25) is 0 Å². The molecule has 2 amide bonds. The van der Waals surface area contributed by atoms with Gasteiger partial charge in [-0.1, -0.05) is 12.1 Å². The van der Waals surface area contributed by atoms with Crippen molar-refractivity contribution in [2.75, 3.05) is 43.0 Å². The molecule has 2 aliphatic rings. The number of rotatable bonds is 2. The van der Waals surface area contributed by atoms with E-state index in [1.165, 1.54) is 16.8 Å². The highest BCUT2D eigenvalue weighted by atomic mass is 16.2. The molecule has 0 unspecified atom stereocenters. The second-order valence-electron chi connectivity index (χ2n) is 7.87. The van der Waals surface area contributed by atoms with Gasteiger partial charge in [-0.2, -0.15) is 0 Å². The van der Waals surface area contributed by atoms with E-state index in [9.17, 15) is 9.59 Å². The third-order valence-electron chi connectivity index (χ3n) is 5.94. The Morgan fingerprint density at radius 2 is 1.64 bits per heavy atom. The monoisotopic (exact) mass is 377 g/mol. The number of carbonyl (C=O) groups excluding carboxylic acids is 2. The molecule has 5 nitrogen and oxygen atoms in total. The molecule has 0 radical (unpaired) electrons. The molecule has 0 aromatic heterocycles. The van der Waals surface area contributed by atoms with Crippen LogP contribution in [0.5, 0.6) is 0 Å². The summed E-state index contributed by atoms with van der Waals surface area (Å²) in [7, 11) is 1.80. The maximum atomic E-state index is 13.0. The largest absolute Gasteiger partial charge is 0.368 e. The van der Waals surface area contributed by atoms with Gasteiger partial charge in [0.25, 0.3) is 5.91 Å². The number of anilines is 2. The second-order valence-corrected chi connectivity index (χ2v) is 7.87. The van der Waals surface area contributed by atoms with Gasteiger partial charge in [0.2, 0.25) is 5.91 Å². The van der Waals surface area contributed by atoms with Crippen LogP contribution in [-0.4, -0.2) is 49.9 Å². The van der Waals surface area contributed by atoms with Crippen molar-refractivity contribution in [3.8, 4) is 0 Å². The summed E-state index contributed by atoms with van der Waals surface area (Å²) in [6.45, 7) is 7.39. The Morgan fingerprint density at radius 1 is 0.893 bits per heavy atom. The molecule has 2 aromatic carbocycles. The van der Waals surface area contributed by atoms with Crippen molar-refractivity contribution in [2.45, 2.75) is 26.7 Å². The topological polar surface area (TPSA) is 43.9 Å². The fourth-order valence-corrected chi connectivity index (χ4v) is 4.18. The van der Waals surface area contributed by atoms with Gasteiger partial charge in [-0.25, -0.2) is 0 Å². The Balaban J connectivity index is 1.46. The first-order valence-corrected chi connectivity index (χ1v) is 9.95. The standard InChI is InChI=1S/C23H27N3O2/c1-16-4-5-17(2)21(14-16)25-10-12-26(13-11-25)23(28)19-6-8-20-18(15-19)7-9-22(27)24(20)3/h4-6,8,14-15H,7,9-13H2,1-3H3. The Kier molecular flexibility index (Phi) is 4.84. The first-order valence-electron chi connectivity index (χ1n) is 9.95. The zero-order valence-electron chi connectivity index (χ0n) is 16.9. The molecular formula is C23H27N3O2.